The topological polar surface area (TPSA) is 115 Å². The van der Waals surface area contributed by atoms with Crippen molar-refractivity contribution in [3.8, 4) is 0 Å². The Morgan fingerprint density at radius 1 is 0.978 bits per heavy atom. The van der Waals surface area contributed by atoms with Gasteiger partial charge in [-0.1, -0.05) is 30.3 Å². The number of carbonyl (C=O) groups is 2. The fraction of sp³-hybridized carbons (Fsp3) is 0.355. The molecule has 5 N–H and O–H groups in total. The monoisotopic (exact) mass is 638 g/mol. The van der Waals surface area contributed by atoms with Gasteiger partial charge in [-0.3, -0.25) is 4.79 Å². The SMILES string of the molecule is NC(C(=O)Nc1cccc(F)c1CCC1CNC(COC(=O)NCC(F)(F)F)CO1)C(c1ccc(F)cc1)c1ccc(F)cc1. The molecule has 4 rings (SSSR count). The van der Waals surface area contributed by atoms with Crippen molar-refractivity contribution in [2.45, 2.75) is 43.1 Å². The largest absolute Gasteiger partial charge is 0.448 e. The first-order valence-corrected chi connectivity index (χ1v) is 14.1. The molecule has 3 atom stereocenters. The summed E-state index contributed by atoms with van der Waals surface area (Å²) in [5, 5.41) is 7.39. The highest BCUT2D eigenvalue weighted by Crippen LogP contribution is 2.30. The first kappa shape index (κ1) is 33.7. The van der Waals surface area contributed by atoms with Gasteiger partial charge < -0.3 is 31.2 Å². The Hall–Kier alpha value is -4.14. The molecule has 14 heteroatoms. The van der Waals surface area contributed by atoms with Crippen molar-refractivity contribution in [2.24, 2.45) is 5.73 Å². The van der Waals surface area contributed by atoms with E-state index in [0.717, 1.165) is 0 Å². The molecule has 1 aliphatic heterocycles. The number of morpholine rings is 1. The number of nitrogens with two attached hydrogens (primary N) is 1. The Morgan fingerprint density at radius 3 is 2.16 bits per heavy atom. The Bertz CT molecular complexity index is 1390. The van der Waals surface area contributed by atoms with Gasteiger partial charge in [0.15, 0.2) is 0 Å². The van der Waals surface area contributed by atoms with Gasteiger partial charge in [-0.05, 0) is 60.4 Å². The van der Waals surface area contributed by atoms with E-state index >= 15 is 0 Å². The molecule has 2 amide bonds. The molecule has 0 aromatic heterocycles. The van der Waals surface area contributed by atoms with Gasteiger partial charge in [0.1, 0.15) is 30.6 Å². The molecule has 3 aromatic rings. The van der Waals surface area contributed by atoms with Crippen LogP contribution in [0.4, 0.5) is 36.8 Å². The number of rotatable bonds is 11. The lowest BCUT2D eigenvalue weighted by Gasteiger charge is -2.30. The van der Waals surface area contributed by atoms with Crippen LogP contribution in [0.3, 0.4) is 0 Å². The van der Waals surface area contributed by atoms with Crippen LogP contribution in [0.25, 0.3) is 0 Å². The number of hydrogen-bond donors (Lipinski definition) is 4. The zero-order chi connectivity index (χ0) is 32.6. The van der Waals surface area contributed by atoms with E-state index in [1.807, 2.05) is 0 Å². The van der Waals surface area contributed by atoms with Crippen LogP contribution in [0.2, 0.25) is 0 Å². The summed E-state index contributed by atoms with van der Waals surface area (Å²) in [5.41, 5.74) is 7.88. The predicted molar refractivity (Wildman–Crippen MR) is 153 cm³/mol. The Balaban J connectivity index is 1.35. The lowest BCUT2D eigenvalue weighted by Crippen LogP contribution is -2.49. The maximum Gasteiger partial charge on any atom is 0.407 e. The van der Waals surface area contributed by atoms with Crippen LogP contribution < -0.4 is 21.7 Å². The number of halogens is 6. The third kappa shape index (κ3) is 9.93. The fourth-order valence-corrected chi connectivity index (χ4v) is 4.91. The van der Waals surface area contributed by atoms with E-state index in [1.165, 1.54) is 66.7 Å². The maximum absolute atomic E-state index is 15.0. The third-order valence-electron chi connectivity index (χ3n) is 7.23. The molecule has 8 nitrogen and oxygen atoms in total. The summed E-state index contributed by atoms with van der Waals surface area (Å²) in [5.74, 6) is -2.93. The summed E-state index contributed by atoms with van der Waals surface area (Å²) in [6.07, 6.45) is -5.61. The summed E-state index contributed by atoms with van der Waals surface area (Å²) in [6.45, 7) is -1.32. The average Bonchev–Trinajstić information content (AvgIpc) is 3.01. The van der Waals surface area contributed by atoms with E-state index in [0.29, 0.717) is 24.1 Å². The van der Waals surface area contributed by atoms with Crippen molar-refractivity contribution in [3.63, 3.8) is 0 Å². The molecule has 1 aliphatic rings. The van der Waals surface area contributed by atoms with E-state index in [9.17, 15) is 35.9 Å². The highest BCUT2D eigenvalue weighted by molar-refractivity contribution is 5.96. The Morgan fingerprint density at radius 2 is 1.60 bits per heavy atom. The highest BCUT2D eigenvalue weighted by atomic mass is 19.4. The minimum absolute atomic E-state index is 0.0983. The number of ether oxygens (including phenoxy) is 2. The van der Waals surface area contributed by atoms with E-state index in [1.54, 1.807) is 5.32 Å². The molecule has 1 fully saturated rings. The van der Waals surface area contributed by atoms with Crippen LogP contribution in [-0.4, -0.2) is 62.7 Å². The molecule has 0 radical (unpaired) electrons. The summed E-state index contributed by atoms with van der Waals surface area (Å²) in [6, 6.07) is 13.4. The van der Waals surface area contributed by atoms with E-state index in [2.05, 4.69) is 10.6 Å². The Kier molecular flexibility index (Phi) is 11.4. The van der Waals surface area contributed by atoms with Crippen LogP contribution in [0, 0.1) is 17.5 Å². The zero-order valence-electron chi connectivity index (χ0n) is 23.9. The second kappa shape index (κ2) is 15.2. The molecule has 3 unspecified atom stereocenters. The van der Waals surface area contributed by atoms with Crippen molar-refractivity contribution in [1.82, 2.24) is 10.6 Å². The summed E-state index contributed by atoms with van der Waals surface area (Å²) in [4.78, 5) is 24.8. The number of hydrogen-bond acceptors (Lipinski definition) is 6. The van der Waals surface area contributed by atoms with Crippen LogP contribution in [0.1, 0.15) is 29.0 Å². The van der Waals surface area contributed by atoms with Gasteiger partial charge in [0.2, 0.25) is 5.91 Å². The van der Waals surface area contributed by atoms with Crippen LogP contribution in [0.15, 0.2) is 66.7 Å². The van der Waals surface area contributed by atoms with Crippen molar-refractivity contribution < 1.29 is 45.4 Å². The second-order valence-electron chi connectivity index (χ2n) is 10.5. The van der Waals surface area contributed by atoms with Crippen molar-refractivity contribution in [3.05, 3.63) is 101 Å². The van der Waals surface area contributed by atoms with Crippen LogP contribution in [-0.2, 0) is 20.7 Å². The summed E-state index contributed by atoms with van der Waals surface area (Å²) < 4.78 is 89.4. The lowest BCUT2D eigenvalue weighted by molar-refractivity contribution is -0.124. The fourth-order valence-electron chi connectivity index (χ4n) is 4.91. The van der Waals surface area contributed by atoms with E-state index < -0.39 is 60.2 Å². The molecular formula is C31H32F6N4O4. The van der Waals surface area contributed by atoms with Gasteiger partial charge in [0, 0.05) is 23.7 Å². The smallest absolute Gasteiger partial charge is 0.407 e. The molecule has 0 bridgehead atoms. The number of amides is 2. The normalized spacial score (nSPS) is 17.5. The van der Waals surface area contributed by atoms with Gasteiger partial charge in [0.05, 0.1) is 24.8 Å². The minimum atomic E-state index is -4.55. The zero-order valence-corrected chi connectivity index (χ0v) is 23.9. The number of alkyl halides is 3. The standard InChI is InChI=1S/C31H32F6N4O4/c32-20-8-4-18(5-9-20)27(19-6-10-21(33)11-7-19)28(38)29(42)41-26-3-1-2-25(34)24(26)13-12-23-14-39-22(15-44-23)16-45-30(43)40-17-31(35,36)37/h1-11,22-23,27-28,39H,12-17,38H2,(H,40,43)(H,41,42). The van der Waals surface area contributed by atoms with Gasteiger partial charge in [0.25, 0.3) is 0 Å². The molecule has 1 saturated heterocycles. The van der Waals surface area contributed by atoms with E-state index in [4.69, 9.17) is 15.2 Å². The Labute approximate surface area is 255 Å². The average molecular weight is 639 g/mol. The van der Waals surface area contributed by atoms with Gasteiger partial charge in [-0.15, -0.1) is 0 Å². The number of anilines is 1. The van der Waals surface area contributed by atoms with Gasteiger partial charge in [-0.2, -0.15) is 13.2 Å². The molecule has 242 valence electrons. The van der Waals surface area contributed by atoms with Crippen LogP contribution >= 0.6 is 0 Å². The van der Waals surface area contributed by atoms with Gasteiger partial charge >= 0.3 is 12.3 Å². The van der Waals surface area contributed by atoms with Crippen molar-refractivity contribution in [2.75, 3.05) is 31.6 Å². The number of carbonyl (C=O) groups excluding carboxylic acids is 2. The van der Waals surface area contributed by atoms with E-state index in [-0.39, 0.29) is 37.0 Å². The number of nitrogens with one attached hydrogen (secondary N) is 3. The molecule has 0 aliphatic carbocycles. The van der Waals surface area contributed by atoms with Crippen LogP contribution in [0.5, 0.6) is 0 Å². The lowest BCUT2D eigenvalue weighted by atomic mass is 9.85. The molecule has 45 heavy (non-hydrogen) atoms. The first-order chi connectivity index (χ1) is 21.4. The maximum atomic E-state index is 15.0. The number of benzene rings is 3. The molecule has 0 spiro atoms. The molecular weight excluding hydrogens is 606 g/mol. The summed E-state index contributed by atoms with van der Waals surface area (Å²) >= 11 is 0. The number of alkyl carbamates (subject to hydrolysis) is 1. The highest BCUT2D eigenvalue weighted by Gasteiger charge is 2.30. The predicted octanol–water partition coefficient (Wildman–Crippen LogP) is 4.78. The third-order valence-corrected chi connectivity index (χ3v) is 7.23. The second-order valence-corrected chi connectivity index (χ2v) is 10.5. The molecule has 1 heterocycles. The minimum Gasteiger partial charge on any atom is -0.448 e. The first-order valence-electron chi connectivity index (χ1n) is 14.1. The van der Waals surface area contributed by atoms with Crippen molar-refractivity contribution in [1.29, 1.82) is 0 Å². The van der Waals surface area contributed by atoms with Crippen molar-refractivity contribution >= 4 is 17.7 Å². The quantitative estimate of drug-likeness (QED) is 0.225. The molecule has 3 aromatic carbocycles. The van der Waals surface area contributed by atoms with Gasteiger partial charge in [-0.25, -0.2) is 18.0 Å². The summed E-state index contributed by atoms with van der Waals surface area (Å²) in [7, 11) is 0. The molecule has 0 saturated carbocycles.